The molecule has 3 aromatic heterocycles. The van der Waals surface area contributed by atoms with E-state index in [0.29, 0.717) is 15.6 Å². The van der Waals surface area contributed by atoms with Crippen molar-refractivity contribution >= 4 is 39.1 Å². The fourth-order valence-corrected chi connectivity index (χ4v) is 3.50. The van der Waals surface area contributed by atoms with Crippen LogP contribution in [0, 0.1) is 11.8 Å². The number of fused-ring (bicyclic) bond motifs is 1. The van der Waals surface area contributed by atoms with Gasteiger partial charge in [-0.25, -0.2) is 0 Å². The summed E-state index contributed by atoms with van der Waals surface area (Å²) in [7, 11) is 1.69. The third kappa shape index (κ3) is 4.67. The molecule has 0 spiro atoms. The maximum Gasteiger partial charge on any atom is 0.447 e. The molecule has 1 N–H and O–H groups in total. The average Bonchev–Trinajstić information content (AvgIpc) is 3.16. The summed E-state index contributed by atoms with van der Waals surface area (Å²) in [6.07, 6.45) is 4.52. The molecule has 140 valence electrons. The highest BCUT2D eigenvalue weighted by Crippen LogP contribution is 2.40. The molecule has 0 saturated heterocycles. The van der Waals surface area contributed by atoms with Gasteiger partial charge in [-0.2, -0.15) is 18.3 Å². The van der Waals surface area contributed by atoms with Crippen molar-refractivity contribution in [1.82, 2.24) is 19.5 Å². The first-order chi connectivity index (χ1) is 12.7. The van der Waals surface area contributed by atoms with Crippen molar-refractivity contribution in [3.8, 4) is 11.8 Å². The van der Waals surface area contributed by atoms with Gasteiger partial charge in [0.15, 0.2) is 0 Å². The number of aromatic nitrogens is 3. The number of pyridine rings is 1. The highest BCUT2D eigenvalue weighted by Gasteiger charge is 2.32. The molecule has 10 heteroatoms. The lowest BCUT2D eigenvalue weighted by Crippen LogP contribution is -2.23. The summed E-state index contributed by atoms with van der Waals surface area (Å²) in [5.74, 6) is 5.06. The number of nitrogens with one attached hydrogen (secondary N) is 1. The zero-order valence-corrected chi connectivity index (χ0v) is 16.2. The van der Waals surface area contributed by atoms with E-state index in [9.17, 15) is 18.0 Å². The van der Waals surface area contributed by atoms with E-state index >= 15 is 0 Å². The van der Waals surface area contributed by atoms with Crippen LogP contribution in [0.2, 0.25) is 0 Å². The molecule has 0 saturated carbocycles. The van der Waals surface area contributed by atoms with Gasteiger partial charge in [0.2, 0.25) is 0 Å². The van der Waals surface area contributed by atoms with Gasteiger partial charge in [0.1, 0.15) is 5.03 Å². The first-order valence-corrected chi connectivity index (χ1v) is 9.16. The van der Waals surface area contributed by atoms with Crippen molar-refractivity contribution in [3.63, 3.8) is 0 Å². The SMILES string of the molecule is Cn1cc(C(=O)NCC#Cc2cc3c(Br)cccn3c2SC(F)(F)F)cn1. The molecular weight excluding hydrogens is 445 g/mol. The Morgan fingerprint density at radius 3 is 2.89 bits per heavy atom. The van der Waals surface area contributed by atoms with Crippen molar-refractivity contribution in [3.05, 3.63) is 52.4 Å². The maximum absolute atomic E-state index is 12.9. The minimum Gasteiger partial charge on any atom is -0.341 e. The Labute approximate surface area is 165 Å². The summed E-state index contributed by atoms with van der Waals surface area (Å²) in [6, 6.07) is 4.96. The molecule has 1 amide bonds. The number of thioether (sulfide) groups is 1. The predicted molar refractivity (Wildman–Crippen MR) is 99.4 cm³/mol. The topological polar surface area (TPSA) is 51.3 Å². The number of alkyl halides is 3. The van der Waals surface area contributed by atoms with Crippen LogP contribution in [-0.4, -0.2) is 32.1 Å². The standard InChI is InChI=1S/C17H12BrF3N4OS/c1-24-10-12(9-23-24)15(26)22-6-2-4-11-8-14-13(18)5-3-7-25(14)16(11)27-17(19,20)21/h3,5,7-10H,6H2,1H3,(H,22,26). The molecule has 3 heterocycles. The van der Waals surface area contributed by atoms with E-state index in [2.05, 4.69) is 38.2 Å². The Balaban J connectivity index is 1.82. The van der Waals surface area contributed by atoms with Crippen LogP contribution in [-0.2, 0) is 7.05 Å². The molecule has 0 aliphatic rings. The van der Waals surface area contributed by atoms with Gasteiger partial charge in [0, 0.05) is 35.7 Å². The van der Waals surface area contributed by atoms with Crippen LogP contribution in [0.3, 0.4) is 0 Å². The van der Waals surface area contributed by atoms with Crippen molar-refractivity contribution in [2.45, 2.75) is 10.5 Å². The fourth-order valence-electron chi connectivity index (χ4n) is 2.35. The molecule has 3 aromatic rings. The largest absolute Gasteiger partial charge is 0.447 e. The summed E-state index contributed by atoms with van der Waals surface area (Å²) in [4.78, 5) is 11.9. The molecule has 27 heavy (non-hydrogen) atoms. The minimum atomic E-state index is -4.44. The van der Waals surface area contributed by atoms with E-state index in [1.165, 1.54) is 15.3 Å². The molecule has 0 fully saturated rings. The van der Waals surface area contributed by atoms with Gasteiger partial charge in [-0.15, -0.1) is 0 Å². The van der Waals surface area contributed by atoms with Crippen molar-refractivity contribution < 1.29 is 18.0 Å². The third-order valence-electron chi connectivity index (χ3n) is 3.45. The number of amides is 1. The summed E-state index contributed by atoms with van der Waals surface area (Å²) in [5, 5.41) is 6.46. The smallest absolute Gasteiger partial charge is 0.341 e. The normalized spacial score (nSPS) is 11.3. The predicted octanol–water partition coefficient (Wildman–Crippen LogP) is 3.83. The fraction of sp³-hybridized carbons (Fsp3) is 0.176. The van der Waals surface area contributed by atoms with Crippen molar-refractivity contribution in [2.75, 3.05) is 6.54 Å². The van der Waals surface area contributed by atoms with E-state index < -0.39 is 5.51 Å². The monoisotopic (exact) mass is 456 g/mol. The Kier molecular flexibility index (Phi) is 5.53. The van der Waals surface area contributed by atoms with Crippen LogP contribution in [0.25, 0.3) is 5.52 Å². The number of carbonyl (C=O) groups excluding carboxylic acids is 1. The Morgan fingerprint density at radius 1 is 1.44 bits per heavy atom. The quantitative estimate of drug-likeness (QED) is 0.481. The molecule has 0 atom stereocenters. The number of halogens is 4. The van der Waals surface area contributed by atoms with Gasteiger partial charge in [0.25, 0.3) is 5.91 Å². The van der Waals surface area contributed by atoms with E-state index in [-0.39, 0.29) is 34.8 Å². The lowest BCUT2D eigenvalue weighted by atomic mass is 10.3. The molecule has 0 bridgehead atoms. The van der Waals surface area contributed by atoms with Gasteiger partial charge in [-0.1, -0.05) is 11.8 Å². The molecule has 0 unspecified atom stereocenters. The molecule has 3 rings (SSSR count). The van der Waals surface area contributed by atoms with E-state index in [1.807, 2.05) is 0 Å². The number of hydrogen-bond donors (Lipinski definition) is 1. The molecule has 0 aromatic carbocycles. The van der Waals surface area contributed by atoms with Gasteiger partial charge in [0.05, 0.1) is 29.4 Å². The Hall–Kier alpha value is -2.38. The number of carbonyl (C=O) groups is 1. The van der Waals surface area contributed by atoms with Gasteiger partial charge >= 0.3 is 5.51 Å². The Morgan fingerprint density at radius 2 is 2.22 bits per heavy atom. The van der Waals surface area contributed by atoms with Gasteiger partial charge in [-0.05, 0) is 34.1 Å². The number of aryl methyl sites for hydroxylation is 1. The Bertz CT molecular complexity index is 1060. The van der Waals surface area contributed by atoms with Crippen molar-refractivity contribution in [1.29, 1.82) is 0 Å². The van der Waals surface area contributed by atoms with E-state index in [1.54, 1.807) is 37.6 Å². The van der Waals surface area contributed by atoms with E-state index in [4.69, 9.17) is 0 Å². The van der Waals surface area contributed by atoms with Crippen molar-refractivity contribution in [2.24, 2.45) is 7.05 Å². The second-order valence-corrected chi connectivity index (χ2v) is 7.32. The van der Waals surface area contributed by atoms with Crippen LogP contribution in [0.1, 0.15) is 15.9 Å². The first kappa shape index (κ1) is 19.4. The second-order valence-electron chi connectivity index (χ2n) is 5.41. The summed E-state index contributed by atoms with van der Waals surface area (Å²) < 4.78 is 42.4. The lowest BCUT2D eigenvalue weighted by molar-refractivity contribution is -0.0329. The molecule has 0 aliphatic heterocycles. The van der Waals surface area contributed by atoms with Gasteiger partial charge in [-0.3, -0.25) is 9.48 Å². The zero-order chi connectivity index (χ0) is 19.6. The van der Waals surface area contributed by atoms with E-state index in [0.717, 1.165) is 0 Å². The van der Waals surface area contributed by atoms with Crippen LogP contribution in [0.5, 0.6) is 0 Å². The zero-order valence-electron chi connectivity index (χ0n) is 13.8. The number of nitrogens with zero attached hydrogens (tertiary/aromatic N) is 3. The van der Waals surface area contributed by atoms with Crippen LogP contribution >= 0.6 is 27.7 Å². The first-order valence-electron chi connectivity index (χ1n) is 7.55. The minimum absolute atomic E-state index is 0.00276. The summed E-state index contributed by atoms with van der Waals surface area (Å²) in [6.45, 7) is -0.00276. The van der Waals surface area contributed by atoms with Crippen LogP contribution < -0.4 is 5.32 Å². The molecular formula is C17H12BrF3N4OS. The second kappa shape index (κ2) is 7.70. The molecule has 0 radical (unpaired) electrons. The highest BCUT2D eigenvalue weighted by atomic mass is 79.9. The molecule has 0 aliphatic carbocycles. The van der Waals surface area contributed by atoms with Gasteiger partial charge < -0.3 is 9.72 Å². The van der Waals surface area contributed by atoms with Crippen LogP contribution in [0.15, 0.2) is 46.3 Å². The third-order valence-corrected chi connectivity index (χ3v) is 4.96. The maximum atomic E-state index is 12.9. The number of rotatable bonds is 3. The molecule has 5 nitrogen and oxygen atoms in total. The highest BCUT2D eigenvalue weighted by molar-refractivity contribution is 9.10. The summed E-state index contributed by atoms with van der Waals surface area (Å²) in [5.41, 5.74) is -3.25. The number of hydrogen-bond acceptors (Lipinski definition) is 3. The average molecular weight is 457 g/mol. The lowest BCUT2D eigenvalue weighted by Gasteiger charge is -2.07. The summed E-state index contributed by atoms with van der Waals surface area (Å²) >= 11 is 3.11. The van der Waals surface area contributed by atoms with Crippen LogP contribution in [0.4, 0.5) is 13.2 Å².